The Morgan fingerprint density at radius 1 is 1.00 bits per heavy atom. The minimum absolute atomic E-state index is 0.269. The molecule has 0 aliphatic rings. The SMILES string of the molecule is O=[N+]([O-])/C=C(\Nc1ccc(CCNC[C@H](O)c2cccnc2)cc1)Nc1cccc2ccccc12. The van der Waals surface area contributed by atoms with Gasteiger partial charge in [0, 0.05) is 41.3 Å². The predicted octanol–water partition coefficient (Wildman–Crippen LogP) is 4.70. The van der Waals surface area contributed by atoms with Crippen LogP contribution in [0, 0.1) is 10.1 Å². The Labute approximate surface area is 203 Å². The van der Waals surface area contributed by atoms with Crippen molar-refractivity contribution in [3.05, 3.63) is 125 Å². The molecular formula is C27H27N5O3. The Balaban J connectivity index is 1.33. The summed E-state index contributed by atoms with van der Waals surface area (Å²) in [5.41, 5.74) is 3.40. The number of rotatable bonds is 11. The molecule has 0 aliphatic heterocycles. The van der Waals surface area contributed by atoms with E-state index in [2.05, 4.69) is 20.9 Å². The summed E-state index contributed by atoms with van der Waals surface area (Å²) < 4.78 is 0. The van der Waals surface area contributed by atoms with Crippen molar-refractivity contribution in [2.75, 3.05) is 23.7 Å². The van der Waals surface area contributed by atoms with Gasteiger partial charge in [0.15, 0.2) is 5.82 Å². The Hall–Kier alpha value is -4.27. The second kappa shape index (κ2) is 11.7. The molecule has 1 aromatic heterocycles. The van der Waals surface area contributed by atoms with Gasteiger partial charge >= 0.3 is 0 Å². The molecule has 0 unspecified atom stereocenters. The number of nitro groups is 1. The molecule has 0 spiro atoms. The van der Waals surface area contributed by atoms with Crippen molar-refractivity contribution in [3.8, 4) is 0 Å². The lowest BCUT2D eigenvalue weighted by Gasteiger charge is -2.14. The highest BCUT2D eigenvalue weighted by Crippen LogP contribution is 2.25. The van der Waals surface area contributed by atoms with Gasteiger partial charge in [-0.3, -0.25) is 15.1 Å². The van der Waals surface area contributed by atoms with Crippen molar-refractivity contribution in [3.63, 3.8) is 0 Å². The number of nitrogens with zero attached hydrogens (tertiary/aromatic N) is 2. The van der Waals surface area contributed by atoms with E-state index < -0.39 is 11.0 Å². The van der Waals surface area contributed by atoms with Gasteiger partial charge in [-0.05, 0) is 48.2 Å². The number of hydrogen-bond acceptors (Lipinski definition) is 7. The van der Waals surface area contributed by atoms with Crippen LogP contribution >= 0.6 is 0 Å². The molecule has 0 saturated heterocycles. The van der Waals surface area contributed by atoms with Crippen LogP contribution in [-0.4, -0.2) is 28.1 Å². The van der Waals surface area contributed by atoms with Crippen LogP contribution in [0.15, 0.2) is 103 Å². The lowest BCUT2D eigenvalue weighted by Crippen LogP contribution is -2.23. The Bertz CT molecular complexity index is 1290. The van der Waals surface area contributed by atoms with Crippen LogP contribution in [0.25, 0.3) is 10.8 Å². The molecule has 0 amide bonds. The topological polar surface area (TPSA) is 112 Å². The van der Waals surface area contributed by atoms with Crippen LogP contribution in [0.3, 0.4) is 0 Å². The molecule has 178 valence electrons. The number of aliphatic hydroxyl groups is 1. The number of aliphatic hydroxyl groups excluding tert-OH is 1. The zero-order valence-corrected chi connectivity index (χ0v) is 19.1. The molecule has 4 rings (SSSR count). The quantitative estimate of drug-likeness (QED) is 0.143. The van der Waals surface area contributed by atoms with Crippen LogP contribution in [0.4, 0.5) is 11.4 Å². The van der Waals surface area contributed by atoms with Crippen LogP contribution in [0.2, 0.25) is 0 Å². The molecule has 1 heterocycles. The summed E-state index contributed by atoms with van der Waals surface area (Å²) >= 11 is 0. The third kappa shape index (κ3) is 6.86. The summed E-state index contributed by atoms with van der Waals surface area (Å²) in [7, 11) is 0. The molecule has 3 aromatic carbocycles. The van der Waals surface area contributed by atoms with Gasteiger partial charge < -0.3 is 21.1 Å². The van der Waals surface area contributed by atoms with Crippen LogP contribution in [0.5, 0.6) is 0 Å². The number of aromatic nitrogens is 1. The molecule has 8 heteroatoms. The average Bonchev–Trinajstić information content (AvgIpc) is 2.88. The number of benzene rings is 3. The highest BCUT2D eigenvalue weighted by molar-refractivity contribution is 5.94. The first-order valence-corrected chi connectivity index (χ1v) is 11.3. The normalized spacial score (nSPS) is 12.3. The summed E-state index contributed by atoms with van der Waals surface area (Å²) in [5.74, 6) is 0.269. The number of anilines is 2. The molecule has 8 nitrogen and oxygen atoms in total. The van der Waals surface area contributed by atoms with Gasteiger partial charge in [0.05, 0.1) is 11.0 Å². The monoisotopic (exact) mass is 469 g/mol. The third-order valence-corrected chi connectivity index (χ3v) is 5.52. The van der Waals surface area contributed by atoms with E-state index in [-0.39, 0.29) is 5.82 Å². The fourth-order valence-electron chi connectivity index (χ4n) is 3.75. The summed E-state index contributed by atoms with van der Waals surface area (Å²) in [6, 6.07) is 25.0. The lowest BCUT2D eigenvalue weighted by molar-refractivity contribution is -0.403. The van der Waals surface area contributed by atoms with Gasteiger partial charge in [-0.25, -0.2) is 0 Å². The minimum Gasteiger partial charge on any atom is -0.387 e. The van der Waals surface area contributed by atoms with Crippen molar-refractivity contribution >= 4 is 22.1 Å². The smallest absolute Gasteiger partial charge is 0.274 e. The highest BCUT2D eigenvalue weighted by atomic mass is 16.6. The first-order chi connectivity index (χ1) is 17.1. The molecule has 35 heavy (non-hydrogen) atoms. The van der Waals surface area contributed by atoms with Crippen LogP contribution in [0.1, 0.15) is 17.2 Å². The molecular weight excluding hydrogens is 442 g/mol. The molecule has 0 fully saturated rings. The van der Waals surface area contributed by atoms with Crippen molar-refractivity contribution in [1.29, 1.82) is 0 Å². The zero-order valence-electron chi connectivity index (χ0n) is 19.1. The van der Waals surface area contributed by atoms with E-state index in [4.69, 9.17) is 0 Å². The van der Waals surface area contributed by atoms with Crippen molar-refractivity contribution in [1.82, 2.24) is 10.3 Å². The minimum atomic E-state index is -0.601. The molecule has 0 radical (unpaired) electrons. The molecule has 0 bridgehead atoms. The van der Waals surface area contributed by atoms with E-state index in [0.29, 0.717) is 13.1 Å². The average molecular weight is 470 g/mol. The Morgan fingerprint density at radius 2 is 1.80 bits per heavy atom. The van der Waals surface area contributed by atoms with E-state index >= 15 is 0 Å². The molecule has 4 aromatic rings. The maximum atomic E-state index is 11.2. The summed E-state index contributed by atoms with van der Waals surface area (Å²) in [4.78, 5) is 14.8. The standard InChI is InChI=1S/C27H27N5O3/c33-26(22-7-4-15-28-17-22)18-29-16-14-20-10-12-23(13-11-20)30-27(19-32(34)35)31-25-9-3-6-21-5-1-2-8-24(21)25/h1-13,15,17,19,26,29-31,33H,14,16,18H2/b27-19+/t26-/m0/s1. The summed E-state index contributed by atoms with van der Waals surface area (Å²) in [5, 5.41) is 32.9. The van der Waals surface area contributed by atoms with Gasteiger partial charge in [0.25, 0.3) is 6.20 Å². The Kier molecular flexibility index (Phi) is 8.00. The van der Waals surface area contributed by atoms with Gasteiger partial charge in [0.2, 0.25) is 0 Å². The number of pyridine rings is 1. The van der Waals surface area contributed by atoms with Crippen molar-refractivity contribution in [2.24, 2.45) is 0 Å². The first kappa shape index (κ1) is 23.9. The molecule has 1 atom stereocenters. The second-order valence-electron chi connectivity index (χ2n) is 8.06. The van der Waals surface area contributed by atoms with E-state index in [1.54, 1.807) is 18.5 Å². The van der Waals surface area contributed by atoms with Gasteiger partial charge in [0.1, 0.15) is 0 Å². The molecule has 0 saturated carbocycles. The maximum absolute atomic E-state index is 11.2. The number of nitrogens with one attached hydrogen (secondary N) is 3. The number of fused-ring (bicyclic) bond motifs is 1. The van der Waals surface area contributed by atoms with Crippen LogP contribution in [-0.2, 0) is 6.42 Å². The third-order valence-electron chi connectivity index (χ3n) is 5.52. The van der Waals surface area contributed by atoms with Crippen molar-refractivity contribution in [2.45, 2.75) is 12.5 Å². The largest absolute Gasteiger partial charge is 0.387 e. The lowest BCUT2D eigenvalue weighted by atomic mass is 10.1. The predicted molar refractivity (Wildman–Crippen MR) is 138 cm³/mol. The van der Waals surface area contributed by atoms with Gasteiger partial charge in [-0.2, -0.15) is 0 Å². The van der Waals surface area contributed by atoms with Gasteiger partial charge in [-0.15, -0.1) is 0 Å². The highest BCUT2D eigenvalue weighted by Gasteiger charge is 2.09. The van der Waals surface area contributed by atoms with Crippen LogP contribution < -0.4 is 16.0 Å². The maximum Gasteiger partial charge on any atom is 0.274 e. The molecule has 4 N–H and O–H groups in total. The van der Waals surface area contributed by atoms with E-state index in [1.165, 1.54) is 0 Å². The zero-order chi connectivity index (χ0) is 24.5. The van der Waals surface area contributed by atoms with E-state index in [0.717, 1.165) is 45.9 Å². The summed E-state index contributed by atoms with van der Waals surface area (Å²) in [6.45, 7) is 1.15. The van der Waals surface area contributed by atoms with Gasteiger partial charge in [-0.1, -0.05) is 54.6 Å². The van der Waals surface area contributed by atoms with E-state index in [1.807, 2.05) is 72.8 Å². The Morgan fingerprint density at radius 3 is 2.57 bits per heavy atom. The fraction of sp³-hybridized carbons (Fsp3) is 0.148. The fourth-order valence-corrected chi connectivity index (χ4v) is 3.75. The first-order valence-electron chi connectivity index (χ1n) is 11.3. The van der Waals surface area contributed by atoms with Crippen molar-refractivity contribution < 1.29 is 10.0 Å². The summed E-state index contributed by atoms with van der Waals surface area (Å²) in [6.07, 6.45) is 4.45. The number of hydrogen-bond donors (Lipinski definition) is 4. The molecule has 0 aliphatic carbocycles. The second-order valence-corrected chi connectivity index (χ2v) is 8.06. The van der Waals surface area contributed by atoms with E-state index in [9.17, 15) is 15.2 Å².